The molecule has 0 saturated carbocycles. The van der Waals surface area contributed by atoms with E-state index in [1.54, 1.807) is 24.4 Å². The predicted molar refractivity (Wildman–Crippen MR) is 50.1 cm³/mol. The number of benzene rings is 1. The van der Waals surface area contributed by atoms with E-state index in [-0.39, 0.29) is 25.9 Å². The van der Waals surface area contributed by atoms with Crippen LogP contribution in [0.25, 0.3) is 5.69 Å². The fraction of sp³-hybridized carbons (Fsp3) is 0. The van der Waals surface area contributed by atoms with Gasteiger partial charge in [-0.15, -0.1) is 6.07 Å². The molecule has 2 nitrogen and oxygen atoms in total. The van der Waals surface area contributed by atoms with E-state index in [0.717, 1.165) is 0 Å². The maximum atomic E-state index is 13.2. The van der Waals surface area contributed by atoms with Crippen molar-refractivity contribution in [2.45, 2.75) is 0 Å². The Morgan fingerprint density at radius 2 is 2.21 bits per heavy atom. The van der Waals surface area contributed by atoms with Crippen molar-refractivity contribution in [1.29, 1.82) is 0 Å². The molecule has 0 aliphatic carbocycles. The number of hydrogen-bond acceptors (Lipinski definition) is 1. The van der Waals surface area contributed by atoms with Gasteiger partial charge in [0.1, 0.15) is 4.60 Å². The van der Waals surface area contributed by atoms with Gasteiger partial charge in [-0.1, -0.05) is 0 Å². The molecule has 0 spiro atoms. The quantitative estimate of drug-likeness (QED) is 0.634. The topological polar surface area (TPSA) is 17.8 Å². The summed E-state index contributed by atoms with van der Waals surface area (Å²) in [4.78, 5) is 0. The summed E-state index contributed by atoms with van der Waals surface area (Å²) in [6.07, 6.45) is 1.67. The van der Waals surface area contributed by atoms with Crippen molar-refractivity contribution in [3.63, 3.8) is 0 Å². The number of rotatable bonds is 1. The number of aromatic nitrogens is 2. The van der Waals surface area contributed by atoms with Gasteiger partial charge in [-0.3, -0.25) is 9.07 Å². The van der Waals surface area contributed by atoms with Crippen molar-refractivity contribution in [2.75, 3.05) is 0 Å². The van der Waals surface area contributed by atoms with E-state index < -0.39 is 0 Å². The van der Waals surface area contributed by atoms with Gasteiger partial charge in [0.2, 0.25) is 0 Å². The molecule has 14 heavy (non-hydrogen) atoms. The van der Waals surface area contributed by atoms with Crippen LogP contribution in [0.15, 0.2) is 35.1 Å². The monoisotopic (exact) mass is 432 g/mol. The van der Waals surface area contributed by atoms with Crippen LogP contribution in [0.5, 0.6) is 0 Å². The first-order valence-electron chi connectivity index (χ1n) is 3.65. The molecule has 1 radical (unpaired) electrons. The molecular weight excluding hydrogens is 427 g/mol. The van der Waals surface area contributed by atoms with Gasteiger partial charge in [-0.05, 0) is 27.7 Å². The van der Waals surface area contributed by atoms with Crippen molar-refractivity contribution >= 4 is 15.9 Å². The molecule has 0 unspecified atom stereocenters. The molecule has 75 valence electrons. The molecule has 0 fully saturated rings. The van der Waals surface area contributed by atoms with Gasteiger partial charge in [0.25, 0.3) is 0 Å². The molecule has 0 atom stereocenters. The summed E-state index contributed by atoms with van der Waals surface area (Å²) < 4.78 is 15.3. The number of halogens is 2. The van der Waals surface area contributed by atoms with Gasteiger partial charge in [0.05, 0.1) is 0 Å². The first kappa shape index (κ1) is 11.6. The Balaban J connectivity index is 0.000000980. The third kappa shape index (κ3) is 2.29. The molecule has 0 N–H and O–H groups in total. The second kappa shape index (κ2) is 4.82. The minimum Gasteiger partial charge on any atom is -0.282 e. The first-order valence-corrected chi connectivity index (χ1v) is 4.44. The third-order valence-corrected chi connectivity index (χ3v) is 1.99. The molecule has 2 rings (SSSR count). The summed E-state index contributed by atoms with van der Waals surface area (Å²) in [5, 5.41) is 4.00. The van der Waals surface area contributed by atoms with Crippen LogP contribution in [0.1, 0.15) is 0 Å². The molecule has 2 aromatic rings. The normalized spacial score (nSPS) is 9.57. The van der Waals surface area contributed by atoms with Crippen LogP contribution >= 0.6 is 15.9 Å². The molecule has 0 amide bonds. The van der Waals surface area contributed by atoms with Crippen LogP contribution in [0, 0.1) is 11.9 Å². The zero-order chi connectivity index (χ0) is 9.26. The summed E-state index contributed by atoms with van der Waals surface area (Å²) >= 11 is 3.19. The minimum atomic E-state index is -0.335. The first-order chi connectivity index (χ1) is 6.27. The van der Waals surface area contributed by atoms with Gasteiger partial charge in [-0.25, -0.2) is 0 Å². The van der Waals surface area contributed by atoms with Crippen LogP contribution in [-0.2, 0) is 20.1 Å². The molecule has 1 aromatic carbocycles. The van der Waals surface area contributed by atoms with E-state index in [0.29, 0.717) is 10.3 Å². The second-order valence-electron chi connectivity index (χ2n) is 2.45. The molecule has 0 saturated heterocycles. The van der Waals surface area contributed by atoms with Crippen LogP contribution < -0.4 is 0 Å². The van der Waals surface area contributed by atoms with E-state index in [1.807, 2.05) is 0 Å². The molecule has 0 aliphatic rings. The Bertz CT molecular complexity index is 430. The maximum Gasteiger partial charge on any atom is 0.128 e. The fourth-order valence-electron chi connectivity index (χ4n) is 1.01. The molecule has 1 heterocycles. The van der Waals surface area contributed by atoms with Gasteiger partial charge in [0.15, 0.2) is 0 Å². The number of para-hydroxylation sites is 1. The smallest absolute Gasteiger partial charge is 0.128 e. The van der Waals surface area contributed by atoms with Gasteiger partial charge in [-0.2, -0.15) is 23.3 Å². The maximum absolute atomic E-state index is 13.2. The van der Waals surface area contributed by atoms with Crippen molar-refractivity contribution in [3.8, 4) is 5.69 Å². The Morgan fingerprint density at radius 3 is 2.79 bits per heavy atom. The summed E-state index contributed by atoms with van der Waals surface area (Å²) in [5.74, 6) is -0.335. The SMILES string of the molecule is Fc1ccc[c-]c1-n1ccc(Br)n1.[Ir]. The van der Waals surface area contributed by atoms with Gasteiger partial charge in [0, 0.05) is 32.1 Å². The average Bonchev–Trinajstić information content (AvgIpc) is 2.53. The largest absolute Gasteiger partial charge is 0.282 e. The van der Waals surface area contributed by atoms with E-state index in [9.17, 15) is 4.39 Å². The van der Waals surface area contributed by atoms with E-state index in [4.69, 9.17) is 0 Å². The second-order valence-corrected chi connectivity index (χ2v) is 3.26. The number of nitrogens with zero attached hydrogens (tertiary/aromatic N) is 2. The summed E-state index contributed by atoms with van der Waals surface area (Å²) in [6, 6.07) is 9.13. The van der Waals surface area contributed by atoms with E-state index >= 15 is 0 Å². The van der Waals surface area contributed by atoms with Gasteiger partial charge < -0.3 is 0 Å². The van der Waals surface area contributed by atoms with Crippen molar-refractivity contribution < 1.29 is 24.5 Å². The average molecular weight is 432 g/mol. The summed E-state index contributed by atoms with van der Waals surface area (Å²) in [5.41, 5.74) is 0.327. The van der Waals surface area contributed by atoms with E-state index in [1.165, 1.54) is 10.7 Å². The third-order valence-electron chi connectivity index (χ3n) is 1.57. The zero-order valence-electron chi connectivity index (χ0n) is 6.87. The Morgan fingerprint density at radius 1 is 1.43 bits per heavy atom. The van der Waals surface area contributed by atoms with Crippen LogP contribution in [0.4, 0.5) is 4.39 Å². The molecular formula is C9H5BrFIrN2-. The zero-order valence-corrected chi connectivity index (χ0v) is 10.9. The van der Waals surface area contributed by atoms with Crippen molar-refractivity contribution in [3.05, 3.63) is 46.9 Å². The summed E-state index contributed by atoms with van der Waals surface area (Å²) in [6.45, 7) is 0. The van der Waals surface area contributed by atoms with Crippen molar-refractivity contribution in [2.24, 2.45) is 0 Å². The minimum absolute atomic E-state index is 0. The summed E-state index contributed by atoms with van der Waals surface area (Å²) in [7, 11) is 0. The van der Waals surface area contributed by atoms with Gasteiger partial charge >= 0.3 is 0 Å². The van der Waals surface area contributed by atoms with Crippen molar-refractivity contribution in [1.82, 2.24) is 9.78 Å². The van der Waals surface area contributed by atoms with E-state index in [2.05, 4.69) is 27.1 Å². The molecule has 1 aromatic heterocycles. The number of hydrogen-bond donors (Lipinski definition) is 0. The standard InChI is InChI=1S/C9H5BrFN2.Ir/c10-9-5-6-13(12-9)8-4-2-1-3-7(8)11;/h1-3,5-6H;/q-1;. The van der Waals surface area contributed by atoms with Crippen LogP contribution in [0.3, 0.4) is 0 Å². The molecule has 0 bridgehead atoms. The molecule has 0 aliphatic heterocycles. The Kier molecular flexibility index (Phi) is 3.98. The fourth-order valence-corrected chi connectivity index (χ4v) is 1.30. The predicted octanol–water partition coefficient (Wildman–Crippen LogP) is 2.57. The van der Waals surface area contributed by atoms with Crippen LogP contribution in [-0.4, -0.2) is 9.78 Å². The Labute approximate surface area is 103 Å². The van der Waals surface area contributed by atoms with Crippen LogP contribution in [0.2, 0.25) is 0 Å². The molecule has 5 heteroatoms. The Hall–Kier alpha value is -0.511.